The molecule has 0 bridgehead atoms. The summed E-state index contributed by atoms with van der Waals surface area (Å²) < 4.78 is 17.9. The summed E-state index contributed by atoms with van der Waals surface area (Å²) in [6, 6.07) is 6.33. The minimum absolute atomic E-state index is 0.0648. The molecule has 0 saturated carbocycles. The monoisotopic (exact) mass is 306 g/mol. The molecule has 0 aromatic heterocycles. The number of rotatable bonds is 5. The van der Waals surface area contributed by atoms with Gasteiger partial charge in [-0.1, -0.05) is 12.1 Å². The van der Waals surface area contributed by atoms with Crippen LogP contribution >= 0.6 is 0 Å². The molecule has 22 heavy (non-hydrogen) atoms. The highest BCUT2D eigenvalue weighted by atomic mass is 19.1. The third-order valence-electron chi connectivity index (χ3n) is 2.61. The molecule has 1 aromatic carbocycles. The molecular formula is C16H19FN2O3. The molecular weight excluding hydrogens is 287 g/mol. The predicted molar refractivity (Wildman–Crippen MR) is 78.0 cm³/mol. The smallest absolute Gasteiger partial charge is 0.306 e. The SMILES string of the molecule is CC(C)(C)OC(=O)CCC(=O)NC(C#N)c1ccc(F)cc1. The molecule has 0 aliphatic heterocycles. The zero-order valence-corrected chi connectivity index (χ0v) is 12.9. The van der Waals surface area contributed by atoms with Crippen LogP contribution in [0.15, 0.2) is 24.3 Å². The average Bonchev–Trinajstić information content (AvgIpc) is 2.42. The molecule has 5 nitrogen and oxygen atoms in total. The number of nitrogens with zero attached hydrogens (tertiary/aromatic N) is 1. The van der Waals surface area contributed by atoms with E-state index in [1.807, 2.05) is 6.07 Å². The molecule has 0 spiro atoms. The van der Waals surface area contributed by atoms with Crippen molar-refractivity contribution in [2.75, 3.05) is 0 Å². The van der Waals surface area contributed by atoms with Gasteiger partial charge in [-0.05, 0) is 38.5 Å². The van der Waals surface area contributed by atoms with E-state index >= 15 is 0 Å². The number of ether oxygens (including phenoxy) is 1. The molecule has 1 amide bonds. The minimum Gasteiger partial charge on any atom is -0.460 e. The lowest BCUT2D eigenvalue weighted by atomic mass is 10.1. The second kappa shape index (κ2) is 7.55. The number of nitrogens with one attached hydrogen (secondary N) is 1. The molecule has 1 unspecified atom stereocenters. The van der Waals surface area contributed by atoms with Crippen molar-refractivity contribution >= 4 is 11.9 Å². The zero-order chi connectivity index (χ0) is 16.8. The fourth-order valence-electron chi connectivity index (χ4n) is 1.69. The predicted octanol–water partition coefficient (Wildman–Crippen LogP) is 2.63. The van der Waals surface area contributed by atoms with Gasteiger partial charge in [-0.15, -0.1) is 0 Å². The summed E-state index contributed by atoms with van der Waals surface area (Å²) in [5.74, 6) is -1.34. The summed E-state index contributed by atoms with van der Waals surface area (Å²) in [5.41, 5.74) is -0.119. The van der Waals surface area contributed by atoms with Crippen molar-refractivity contribution in [3.05, 3.63) is 35.6 Å². The van der Waals surface area contributed by atoms with E-state index in [2.05, 4.69) is 5.32 Å². The lowest BCUT2D eigenvalue weighted by Crippen LogP contribution is -2.29. The van der Waals surface area contributed by atoms with Crippen molar-refractivity contribution in [1.29, 1.82) is 5.26 Å². The second-order valence-corrected chi connectivity index (χ2v) is 5.77. The molecule has 0 fully saturated rings. The van der Waals surface area contributed by atoms with Gasteiger partial charge >= 0.3 is 5.97 Å². The summed E-state index contributed by atoms with van der Waals surface area (Å²) in [6.07, 6.45) is -0.140. The Kier molecular flexibility index (Phi) is 6.05. The van der Waals surface area contributed by atoms with Crippen LogP contribution in [0.4, 0.5) is 4.39 Å². The molecule has 0 radical (unpaired) electrons. The topological polar surface area (TPSA) is 79.2 Å². The van der Waals surface area contributed by atoms with Gasteiger partial charge in [-0.2, -0.15) is 5.26 Å². The molecule has 0 aliphatic carbocycles. The summed E-state index contributed by atoms with van der Waals surface area (Å²) in [5, 5.41) is 11.6. The van der Waals surface area contributed by atoms with Crippen LogP contribution in [-0.4, -0.2) is 17.5 Å². The minimum atomic E-state index is -0.883. The lowest BCUT2D eigenvalue weighted by molar-refractivity contribution is -0.155. The average molecular weight is 306 g/mol. The molecule has 0 saturated heterocycles. The summed E-state index contributed by atoms with van der Waals surface area (Å²) in [4.78, 5) is 23.3. The first-order chi connectivity index (χ1) is 10.2. The molecule has 118 valence electrons. The van der Waals surface area contributed by atoms with Crippen LogP contribution in [0, 0.1) is 17.1 Å². The van der Waals surface area contributed by atoms with E-state index in [-0.39, 0.29) is 12.8 Å². The quantitative estimate of drug-likeness (QED) is 0.848. The van der Waals surface area contributed by atoms with E-state index in [0.717, 1.165) is 0 Å². The van der Waals surface area contributed by atoms with Crippen molar-refractivity contribution in [2.24, 2.45) is 0 Å². The van der Waals surface area contributed by atoms with E-state index in [1.165, 1.54) is 24.3 Å². The number of carbonyl (C=O) groups excluding carboxylic acids is 2. The summed E-state index contributed by atoms with van der Waals surface area (Å²) in [7, 11) is 0. The van der Waals surface area contributed by atoms with Crippen molar-refractivity contribution in [3.8, 4) is 6.07 Å². The molecule has 1 atom stereocenters. The van der Waals surface area contributed by atoms with Gasteiger partial charge in [-0.25, -0.2) is 4.39 Å². The van der Waals surface area contributed by atoms with Crippen molar-refractivity contribution < 1.29 is 18.7 Å². The second-order valence-electron chi connectivity index (χ2n) is 5.77. The molecule has 1 N–H and O–H groups in total. The van der Waals surface area contributed by atoms with Crippen LogP contribution in [0.25, 0.3) is 0 Å². The van der Waals surface area contributed by atoms with Crippen LogP contribution in [0.3, 0.4) is 0 Å². The van der Waals surface area contributed by atoms with Gasteiger partial charge in [0.15, 0.2) is 0 Å². The van der Waals surface area contributed by atoms with Gasteiger partial charge in [0, 0.05) is 6.42 Å². The van der Waals surface area contributed by atoms with E-state index in [1.54, 1.807) is 20.8 Å². The third kappa shape index (κ3) is 6.35. The highest BCUT2D eigenvalue weighted by molar-refractivity contribution is 5.81. The fraction of sp³-hybridized carbons (Fsp3) is 0.438. The number of carbonyl (C=O) groups is 2. The maximum atomic E-state index is 12.8. The van der Waals surface area contributed by atoms with E-state index in [9.17, 15) is 14.0 Å². The lowest BCUT2D eigenvalue weighted by Gasteiger charge is -2.19. The Hall–Kier alpha value is -2.42. The first-order valence-corrected chi connectivity index (χ1v) is 6.87. The highest BCUT2D eigenvalue weighted by Crippen LogP contribution is 2.14. The highest BCUT2D eigenvalue weighted by Gasteiger charge is 2.18. The Morgan fingerprint density at radius 2 is 1.86 bits per heavy atom. The molecule has 1 rings (SSSR count). The Balaban J connectivity index is 2.51. The number of hydrogen-bond acceptors (Lipinski definition) is 4. The Bertz CT molecular complexity index is 571. The largest absolute Gasteiger partial charge is 0.460 e. The van der Waals surface area contributed by atoms with Gasteiger partial charge in [0.25, 0.3) is 0 Å². The Labute approximate surface area is 129 Å². The van der Waals surface area contributed by atoms with Crippen LogP contribution in [0.1, 0.15) is 45.2 Å². The fourth-order valence-corrected chi connectivity index (χ4v) is 1.69. The standard InChI is InChI=1S/C16H19FN2O3/c1-16(2,3)22-15(21)9-8-14(20)19-13(10-18)11-4-6-12(17)7-5-11/h4-7,13H,8-9H2,1-3H3,(H,19,20). The first-order valence-electron chi connectivity index (χ1n) is 6.87. The van der Waals surface area contributed by atoms with E-state index in [4.69, 9.17) is 10.00 Å². The molecule has 6 heteroatoms. The number of nitriles is 1. The van der Waals surface area contributed by atoms with Crippen molar-refractivity contribution in [3.63, 3.8) is 0 Å². The number of halogens is 1. The molecule has 0 heterocycles. The van der Waals surface area contributed by atoms with Crippen LogP contribution in [0.5, 0.6) is 0 Å². The third-order valence-corrected chi connectivity index (χ3v) is 2.61. The first kappa shape index (κ1) is 17.6. The normalized spacial score (nSPS) is 12.1. The van der Waals surface area contributed by atoms with Gasteiger partial charge in [0.1, 0.15) is 17.5 Å². The Morgan fingerprint density at radius 1 is 1.27 bits per heavy atom. The molecule has 1 aromatic rings. The Morgan fingerprint density at radius 3 is 2.36 bits per heavy atom. The van der Waals surface area contributed by atoms with E-state index in [0.29, 0.717) is 5.56 Å². The number of benzene rings is 1. The maximum absolute atomic E-state index is 12.8. The zero-order valence-electron chi connectivity index (χ0n) is 12.9. The van der Waals surface area contributed by atoms with Crippen LogP contribution in [0.2, 0.25) is 0 Å². The van der Waals surface area contributed by atoms with Crippen LogP contribution in [-0.2, 0) is 14.3 Å². The number of hydrogen-bond donors (Lipinski definition) is 1. The van der Waals surface area contributed by atoms with Crippen LogP contribution < -0.4 is 5.32 Å². The molecule has 0 aliphatic rings. The van der Waals surface area contributed by atoms with Gasteiger partial charge < -0.3 is 10.1 Å². The number of amides is 1. The maximum Gasteiger partial charge on any atom is 0.306 e. The summed E-state index contributed by atoms with van der Waals surface area (Å²) >= 11 is 0. The summed E-state index contributed by atoms with van der Waals surface area (Å²) in [6.45, 7) is 5.22. The van der Waals surface area contributed by atoms with E-state index < -0.39 is 29.3 Å². The van der Waals surface area contributed by atoms with Gasteiger partial charge in [0.2, 0.25) is 5.91 Å². The van der Waals surface area contributed by atoms with Gasteiger partial charge in [0.05, 0.1) is 12.5 Å². The van der Waals surface area contributed by atoms with Gasteiger partial charge in [-0.3, -0.25) is 9.59 Å². The van der Waals surface area contributed by atoms with Crippen molar-refractivity contribution in [2.45, 2.75) is 45.3 Å². The van der Waals surface area contributed by atoms with Crippen molar-refractivity contribution in [1.82, 2.24) is 5.32 Å². The number of esters is 1.